The maximum Gasteiger partial charge on any atom is 0.128 e. The van der Waals surface area contributed by atoms with Gasteiger partial charge in [0.15, 0.2) is 0 Å². The Kier molecular flexibility index (Phi) is 4.88. The van der Waals surface area contributed by atoms with Gasteiger partial charge in [-0.1, -0.05) is 24.1 Å². The van der Waals surface area contributed by atoms with E-state index >= 15 is 0 Å². The monoisotopic (exact) mass is 337 g/mol. The minimum Gasteiger partial charge on any atom is -0.467 e. The van der Waals surface area contributed by atoms with Gasteiger partial charge in [-0.25, -0.2) is 0 Å². The maximum absolute atomic E-state index is 5.71. The Bertz CT molecular complexity index is 699. The van der Waals surface area contributed by atoms with Crippen LogP contribution in [0.1, 0.15) is 49.5 Å². The van der Waals surface area contributed by atoms with Gasteiger partial charge in [0.2, 0.25) is 0 Å². The first kappa shape index (κ1) is 16.4. The van der Waals surface area contributed by atoms with Gasteiger partial charge in [0.05, 0.1) is 12.0 Å². The van der Waals surface area contributed by atoms with Crippen molar-refractivity contribution < 1.29 is 4.42 Å². The highest BCUT2D eigenvalue weighted by Crippen LogP contribution is 2.36. The summed E-state index contributed by atoms with van der Waals surface area (Å²) >= 11 is 0. The van der Waals surface area contributed by atoms with Crippen LogP contribution < -0.4 is 5.01 Å². The molecule has 1 unspecified atom stereocenters. The fourth-order valence-corrected chi connectivity index (χ4v) is 3.83. The summed E-state index contributed by atoms with van der Waals surface area (Å²) in [6, 6.07) is 12.8. The summed E-state index contributed by atoms with van der Waals surface area (Å²) in [6.45, 7) is 5.74. The van der Waals surface area contributed by atoms with Crippen LogP contribution in [0.15, 0.2) is 52.2 Å². The minimum absolute atomic E-state index is 0.175. The molecular weight excluding hydrogens is 310 g/mol. The number of aryl methyl sites for hydroxylation is 1. The summed E-state index contributed by atoms with van der Waals surface area (Å²) in [5.74, 6) is 0.997. The molecule has 0 aliphatic carbocycles. The number of hydrazone groups is 1. The SMILES string of the molecule is Cc1ccc(N2N=C(CCN3CCCCC3)CC2c2ccco2)cc1. The van der Waals surface area contributed by atoms with Gasteiger partial charge in [-0.3, -0.25) is 5.01 Å². The lowest BCUT2D eigenvalue weighted by Gasteiger charge is -2.26. The van der Waals surface area contributed by atoms with Crippen LogP contribution >= 0.6 is 0 Å². The molecule has 25 heavy (non-hydrogen) atoms. The molecule has 0 amide bonds. The zero-order chi connectivity index (χ0) is 17.1. The molecule has 2 aromatic rings. The first-order valence-electron chi connectivity index (χ1n) is 9.47. The van der Waals surface area contributed by atoms with Gasteiger partial charge in [-0.2, -0.15) is 5.10 Å². The predicted molar refractivity (Wildman–Crippen MR) is 102 cm³/mol. The molecule has 1 fully saturated rings. The van der Waals surface area contributed by atoms with Gasteiger partial charge < -0.3 is 9.32 Å². The lowest BCUT2D eigenvalue weighted by Crippen LogP contribution is -2.31. The Balaban J connectivity index is 1.50. The number of hydrogen-bond acceptors (Lipinski definition) is 4. The van der Waals surface area contributed by atoms with Crippen LogP contribution in [-0.4, -0.2) is 30.2 Å². The lowest BCUT2D eigenvalue weighted by molar-refractivity contribution is 0.234. The minimum atomic E-state index is 0.175. The van der Waals surface area contributed by atoms with Crippen molar-refractivity contribution >= 4 is 11.4 Å². The first-order valence-corrected chi connectivity index (χ1v) is 9.47. The van der Waals surface area contributed by atoms with Crippen LogP contribution in [0.3, 0.4) is 0 Å². The van der Waals surface area contributed by atoms with Crippen LogP contribution in [0.5, 0.6) is 0 Å². The second-order valence-corrected chi connectivity index (χ2v) is 7.23. The van der Waals surface area contributed by atoms with Crippen molar-refractivity contribution in [2.75, 3.05) is 24.6 Å². The van der Waals surface area contributed by atoms with Crippen molar-refractivity contribution in [2.45, 2.75) is 45.1 Å². The second-order valence-electron chi connectivity index (χ2n) is 7.23. The fraction of sp³-hybridized carbons (Fsp3) is 0.476. The van der Waals surface area contributed by atoms with E-state index in [1.54, 1.807) is 6.26 Å². The van der Waals surface area contributed by atoms with Gasteiger partial charge in [-0.15, -0.1) is 0 Å². The van der Waals surface area contributed by atoms with E-state index in [2.05, 4.69) is 47.2 Å². The first-order chi connectivity index (χ1) is 12.3. The molecule has 2 aliphatic rings. The highest BCUT2D eigenvalue weighted by Gasteiger charge is 2.31. The van der Waals surface area contributed by atoms with Crippen molar-refractivity contribution in [3.63, 3.8) is 0 Å². The molecule has 132 valence electrons. The normalized spacial score (nSPS) is 21.6. The smallest absolute Gasteiger partial charge is 0.128 e. The summed E-state index contributed by atoms with van der Waals surface area (Å²) in [4.78, 5) is 2.59. The molecule has 1 aromatic heterocycles. The van der Waals surface area contributed by atoms with Gasteiger partial charge in [0, 0.05) is 25.1 Å². The third-order valence-electron chi connectivity index (χ3n) is 5.31. The lowest BCUT2D eigenvalue weighted by atomic mass is 10.0. The Morgan fingerprint density at radius 2 is 1.88 bits per heavy atom. The van der Waals surface area contributed by atoms with Crippen LogP contribution in [-0.2, 0) is 0 Å². The predicted octanol–water partition coefficient (Wildman–Crippen LogP) is 4.77. The Labute approximate surface area is 150 Å². The number of furan rings is 1. The third-order valence-corrected chi connectivity index (χ3v) is 5.31. The molecular formula is C21H27N3O. The molecule has 0 spiro atoms. The van der Waals surface area contributed by atoms with Gasteiger partial charge in [0.1, 0.15) is 11.8 Å². The van der Waals surface area contributed by atoms with Crippen molar-refractivity contribution in [3.8, 4) is 0 Å². The van der Waals surface area contributed by atoms with E-state index in [1.165, 1.54) is 43.6 Å². The van der Waals surface area contributed by atoms with E-state index in [-0.39, 0.29) is 6.04 Å². The van der Waals surface area contributed by atoms with Crippen LogP contribution in [0.4, 0.5) is 5.69 Å². The Morgan fingerprint density at radius 3 is 2.60 bits per heavy atom. The number of rotatable bonds is 5. The summed E-state index contributed by atoms with van der Waals surface area (Å²) in [5.41, 5.74) is 3.69. The largest absolute Gasteiger partial charge is 0.467 e. The fourth-order valence-electron chi connectivity index (χ4n) is 3.83. The van der Waals surface area contributed by atoms with Gasteiger partial charge in [0.25, 0.3) is 0 Å². The van der Waals surface area contributed by atoms with Crippen LogP contribution in [0.25, 0.3) is 0 Å². The van der Waals surface area contributed by atoms with Crippen molar-refractivity contribution in [1.82, 2.24) is 4.90 Å². The van der Waals surface area contributed by atoms with E-state index in [9.17, 15) is 0 Å². The maximum atomic E-state index is 5.71. The van der Waals surface area contributed by atoms with Crippen molar-refractivity contribution in [2.24, 2.45) is 5.10 Å². The Morgan fingerprint density at radius 1 is 1.08 bits per heavy atom. The van der Waals surface area contributed by atoms with Crippen molar-refractivity contribution in [3.05, 3.63) is 54.0 Å². The highest BCUT2D eigenvalue weighted by molar-refractivity contribution is 5.89. The van der Waals surface area contributed by atoms with Crippen molar-refractivity contribution in [1.29, 1.82) is 0 Å². The molecule has 4 heteroatoms. The second kappa shape index (κ2) is 7.44. The van der Waals surface area contributed by atoms with E-state index in [0.29, 0.717) is 0 Å². The average molecular weight is 337 g/mol. The molecule has 4 rings (SSSR count). The number of nitrogens with zero attached hydrogens (tertiary/aromatic N) is 3. The van der Waals surface area contributed by atoms with E-state index < -0.39 is 0 Å². The van der Waals surface area contributed by atoms with Crippen LogP contribution in [0, 0.1) is 6.92 Å². The zero-order valence-corrected chi connectivity index (χ0v) is 15.0. The van der Waals surface area contributed by atoms with E-state index in [4.69, 9.17) is 9.52 Å². The quantitative estimate of drug-likeness (QED) is 0.787. The van der Waals surface area contributed by atoms with Gasteiger partial charge >= 0.3 is 0 Å². The summed E-state index contributed by atoms with van der Waals surface area (Å²) < 4.78 is 5.71. The number of piperidine rings is 1. The number of benzene rings is 1. The Hall–Kier alpha value is -2.07. The third kappa shape index (κ3) is 3.79. The van der Waals surface area contributed by atoms with E-state index in [0.717, 1.165) is 30.8 Å². The summed E-state index contributed by atoms with van der Waals surface area (Å²) in [5, 5.41) is 7.12. The molecule has 0 bridgehead atoms. The molecule has 1 aromatic carbocycles. The number of likely N-dealkylation sites (tertiary alicyclic amines) is 1. The molecule has 0 saturated carbocycles. The molecule has 1 atom stereocenters. The average Bonchev–Trinajstić information content (AvgIpc) is 3.31. The van der Waals surface area contributed by atoms with Gasteiger partial charge in [-0.05, 0) is 57.1 Å². The van der Waals surface area contributed by atoms with E-state index in [1.807, 2.05) is 6.07 Å². The topological polar surface area (TPSA) is 32.0 Å². The number of hydrogen-bond donors (Lipinski definition) is 0. The molecule has 2 aliphatic heterocycles. The molecule has 0 N–H and O–H groups in total. The molecule has 1 saturated heterocycles. The molecule has 0 radical (unpaired) electrons. The molecule has 3 heterocycles. The summed E-state index contributed by atoms with van der Waals surface area (Å²) in [7, 11) is 0. The number of anilines is 1. The standard InChI is InChI=1S/C21H27N3O/c1-17-7-9-19(10-8-17)24-20(21-6-5-15-25-21)16-18(22-24)11-14-23-12-3-2-4-13-23/h5-10,15,20H,2-4,11-14,16H2,1H3. The zero-order valence-electron chi connectivity index (χ0n) is 15.0. The highest BCUT2D eigenvalue weighted by atomic mass is 16.3. The molecule has 4 nitrogen and oxygen atoms in total. The summed E-state index contributed by atoms with van der Waals surface area (Å²) in [6.07, 6.45) is 7.84. The van der Waals surface area contributed by atoms with Crippen LogP contribution in [0.2, 0.25) is 0 Å².